The molecular weight excluding hydrogens is 287 g/mol. The molecule has 1 saturated heterocycles. The largest absolute Gasteiger partial charge is 0.391 e. The van der Waals surface area contributed by atoms with Gasteiger partial charge in [-0.1, -0.05) is 6.07 Å². The number of hydrogen-bond acceptors (Lipinski definition) is 3. The van der Waals surface area contributed by atoms with Gasteiger partial charge in [0.1, 0.15) is 6.04 Å². The summed E-state index contributed by atoms with van der Waals surface area (Å²) in [5.74, 6) is -0.976. The second-order valence-corrected chi connectivity index (χ2v) is 4.61. The van der Waals surface area contributed by atoms with E-state index in [9.17, 15) is 22.8 Å². The highest BCUT2D eigenvalue weighted by Crippen LogP contribution is 2.29. The van der Waals surface area contributed by atoms with Crippen LogP contribution in [0.15, 0.2) is 18.2 Å². The van der Waals surface area contributed by atoms with Gasteiger partial charge in [-0.2, -0.15) is 18.4 Å². The number of alkyl halides is 3. The molecule has 2 rings (SSSR count). The zero-order valence-corrected chi connectivity index (χ0v) is 10.9. The standard InChI is InChI=1S/C13H10F3N3O2/c1-7-2-3-8(6-17)4-10(7)19-11(20)9(18-12(19)21)5-13(14,15)16/h2-4,9H,5H2,1H3,(H,18,21)/t9-/m0/s1. The Morgan fingerprint density at radius 1 is 1.38 bits per heavy atom. The average molecular weight is 297 g/mol. The molecular formula is C13H10F3N3O2. The maximum absolute atomic E-state index is 12.4. The van der Waals surface area contributed by atoms with Crippen LogP contribution in [0.2, 0.25) is 0 Å². The van der Waals surface area contributed by atoms with Gasteiger partial charge in [0.25, 0.3) is 5.91 Å². The van der Waals surface area contributed by atoms with E-state index in [0.717, 1.165) is 0 Å². The molecule has 1 aromatic carbocycles. The minimum absolute atomic E-state index is 0.112. The molecule has 1 aliphatic rings. The fourth-order valence-corrected chi connectivity index (χ4v) is 2.05. The summed E-state index contributed by atoms with van der Waals surface area (Å²) in [6.45, 7) is 1.59. The van der Waals surface area contributed by atoms with Gasteiger partial charge in [0, 0.05) is 0 Å². The zero-order valence-electron chi connectivity index (χ0n) is 10.9. The lowest BCUT2D eigenvalue weighted by molar-refractivity contribution is -0.145. The van der Waals surface area contributed by atoms with E-state index in [2.05, 4.69) is 0 Å². The number of carbonyl (C=O) groups is 2. The number of aryl methyl sites for hydroxylation is 1. The summed E-state index contributed by atoms with van der Waals surface area (Å²) in [4.78, 5) is 24.4. The molecule has 1 N–H and O–H groups in total. The van der Waals surface area contributed by atoms with E-state index < -0.39 is 30.6 Å². The van der Waals surface area contributed by atoms with Crippen LogP contribution in [0.25, 0.3) is 0 Å². The van der Waals surface area contributed by atoms with Crippen LogP contribution in [-0.4, -0.2) is 24.2 Å². The highest BCUT2D eigenvalue weighted by molar-refractivity contribution is 6.21. The van der Waals surface area contributed by atoms with Crippen LogP contribution in [0, 0.1) is 18.3 Å². The molecule has 1 aromatic rings. The Morgan fingerprint density at radius 3 is 2.62 bits per heavy atom. The van der Waals surface area contributed by atoms with Crippen molar-refractivity contribution in [1.82, 2.24) is 5.32 Å². The molecule has 0 saturated carbocycles. The molecule has 0 spiro atoms. The third-order valence-corrected chi connectivity index (χ3v) is 3.03. The Kier molecular flexibility index (Phi) is 3.60. The molecule has 1 fully saturated rings. The van der Waals surface area contributed by atoms with Crippen molar-refractivity contribution >= 4 is 17.6 Å². The Balaban J connectivity index is 2.35. The van der Waals surface area contributed by atoms with Crippen LogP contribution in [0.1, 0.15) is 17.5 Å². The molecule has 0 aliphatic carbocycles. The Hall–Kier alpha value is -2.56. The first-order valence-corrected chi connectivity index (χ1v) is 5.95. The van der Waals surface area contributed by atoms with Crippen molar-refractivity contribution in [3.8, 4) is 6.07 Å². The summed E-state index contributed by atoms with van der Waals surface area (Å²) < 4.78 is 37.1. The lowest BCUT2D eigenvalue weighted by Crippen LogP contribution is -2.34. The summed E-state index contributed by atoms with van der Waals surface area (Å²) in [6.07, 6.45) is -5.99. The maximum atomic E-state index is 12.4. The summed E-state index contributed by atoms with van der Waals surface area (Å²) in [5, 5.41) is 10.8. The number of imide groups is 1. The van der Waals surface area contributed by atoms with Crippen LogP contribution in [0.5, 0.6) is 0 Å². The van der Waals surface area contributed by atoms with Gasteiger partial charge in [0.05, 0.1) is 23.7 Å². The SMILES string of the molecule is Cc1ccc(C#N)cc1N1C(=O)N[C@@H](CC(F)(F)F)C1=O. The molecule has 1 aliphatic heterocycles. The quantitative estimate of drug-likeness (QED) is 0.851. The first-order chi connectivity index (χ1) is 9.73. The number of amides is 3. The number of urea groups is 1. The molecule has 0 unspecified atom stereocenters. The normalized spacial score (nSPS) is 18.6. The van der Waals surface area contributed by atoms with Gasteiger partial charge in [-0.15, -0.1) is 0 Å². The maximum Gasteiger partial charge on any atom is 0.391 e. The third kappa shape index (κ3) is 2.97. The molecule has 1 heterocycles. The van der Waals surface area contributed by atoms with Crippen LogP contribution in [0.4, 0.5) is 23.7 Å². The van der Waals surface area contributed by atoms with Gasteiger partial charge >= 0.3 is 12.2 Å². The van der Waals surface area contributed by atoms with Crippen molar-refractivity contribution in [2.75, 3.05) is 4.90 Å². The molecule has 0 bridgehead atoms. The summed E-state index contributed by atoms with van der Waals surface area (Å²) in [5.41, 5.74) is 0.821. The topological polar surface area (TPSA) is 73.2 Å². The monoisotopic (exact) mass is 297 g/mol. The number of rotatable bonds is 2. The van der Waals surface area contributed by atoms with E-state index in [1.54, 1.807) is 6.92 Å². The van der Waals surface area contributed by atoms with E-state index in [0.29, 0.717) is 10.5 Å². The number of halogens is 3. The van der Waals surface area contributed by atoms with Crippen LogP contribution < -0.4 is 10.2 Å². The van der Waals surface area contributed by atoms with Gasteiger partial charge in [-0.05, 0) is 24.6 Å². The summed E-state index contributed by atoms with van der Waals surface area (Å²) in [7, 11) is 0. The zero-order chi connectivity index (χ0) is 15.8. The number of nitriles is 1. The van der Waals surface area contributed by atoms with Crippen molar-refractivity contribution in [1.29, 1.82) is 5.26 Å². The van der Waals surface area contributed by atoms with Crippen molar-refractivity contribution in [2.24, 2.45) is 0 Å². The van der Waals surface area contributed by atoms with E-state index in [1.807, 2.05) is 11.4 Å². The highest BCUT2D eigenvalue weighted by Gasteiger charge is 2.45. The van der Waals surface area contributed by atoms with Crippen LogP contribution in [-0.2, 0) is 4.79 Å². The van der Waals surface area contributed by atoms with Gasteiger partial charge < -0.3 is 5.32 Å². The molecule has 0 radical (unpaired) electrons. The summed E-state index contributed by atoms with van der Waals surface area (Å²) in [6, 6.07) is 3.59. The van der Waals surface area contributed by atoms with Gasteiger partial charge in [-0.3, -0.25) is 4.79 Å². The lowest BCUT2D eigenvalue weighted by atomic mass is 10.1. The van der Waals surface area contributed by atoms with E-state index in [-0.39, 0.29) is 11.3 Å². The number of anilines is 1. The molecule has 110 valence electrons. The third-order valence-electron chi connectivity index (χ3n) is 3.03. The Morgan fingerprint density at radius 2 is 2.05 bits per heavy atom. The predicted octanol–water partition coefficient (Wildman–Crippen LogP) is 2.24. The smallest absolute Gasteiger partial charge is 0.325 e. The molecule has 8 heteroatoms. The van der Waals surface area contributed by atoms with E-state index in [4.69, 9.17) is 5.26 Å². The van der Waals surface area contributed by atoms with Crippen molar-refractivity contribution < 1.29 is 22.8 Å². The minimum Gasteiger partial charge on any atom is -0.325 e. The second kappa shape index (κ2) is 5.09. The lowest BCUT2D eigenvalue weighted by Gasteiger charge is -2.16. The summed E-state index contributed by atoms with van der Waals surface area (Å²) >= 11 is 0. The highest BCUT2D eigenvalue weighted by atomic mass is 19.4. The fourth-order valence-electron chi connectivity index (χ4n) is 2.05. The van der Waals surface area contributed by atoms with Gasteiger partial charge in [0.15, 0.2) is 0 Å². The Labute approximate surface area is 118 Å². The second-order valence-electron chi connectivity index (χ2n) is 4.61. The van der Waals surface area contributed by atoms with E-state index >= 15 is 0 Å². The van der Waals surface area contributed by atoms with Crippen molar-refractivity contribution in [3.05, 3.63) is 29.3 Å². The number of carbonyl (C=O) groups excluding carboxylic acids is 2. The number of hydrogen-bond donors (Lipinski definition) is 1. The number of nitrogens with zero attached hydrogens (tertiary/aromatic N) is 2. The minimum atomic E-state index is -4.56. The molecule has 21 heavy (non-hydrogen) atoms. The van der Waals surface area contributed by atoms with Crippen molar-refractivity contribution in [2.45, 2.75) is 25.6 Å². The van der Waals surface area contributed by atoms with Gasteiger partial charge in [0.2, 0.25) is 0 Å². The molecule has 3 amide bonds. The van der Waals surface area contributed by atoms with Crippen molar-refractivity contribution in [3.63, 3.8) is 0 Å². The van der Waals surface area contributed by atoms with Gasteiger partial charge in [-0.25, -0.2) is 9.69 Å². The number of benzene rings is 1. The fraction of sp³-hybridized carbons (Fsp3) is 0.308. The van der Waals surface area contributed by atoms with Crippen LogP contribution in [0.3, 0.4) is 0 Å². The Bertz CT molecular complexity index is 649. The average Bonchev–Trinajstić information content (AvgIpc) is 2.63. The molecule has 5 nitrogen and oxygen atoms in total. The molecule has 0 aromatic heterocycles. The first kappa shape index (κ1) is 14.8. The first-order valence-electron chi connectivity index (χ1n) is 5.95. The number of nitrogens with one attached hydrogen (secondary N) is 1. The molecule has 1 atom stereocenters. The predicted molar refractivity (Wildman–Crippen MR) is 66.4 cm³/mol. The van der Waals surface area contributed by atoms with E-state index in [1.165, 1.54) is 18.2 Å². The van der Waals surface area contributed by atoms with Crippen LogP contribution >= 0.6 is 0 Å².